The highest BCUT2D eigenvalue weighted by Gasteiger charge is 2.11. The maximum Gasteiger partial charge on any atom is 0.305 e. The third-order valence-corrected chi connectivity index (χ3v) is 2.73. The van der Waals surface area contributed by atoms with Crippen molar-refractivity contribution in [3.63, 3.8) is 0 Å². The number of ether oxygens (including phenoxy) is 2. The molecule has 4 nitrogen and oxygen atoms in total. The van der Waals surface area contributed by atoms with Crippen LogP contribution in [0.4, 0.5) is 4.39 Å². The summed E-state index contributed by atoms with van der Waals surface area (Å²) in [6.07, 6.45) is 1.53. The number of methoxy groups -OCH3 is 2. The Bertz CT molecular complexity index is 409. The van der Waals surface area contributed by atoms with E-state index in [1.807, 2.05) is 0 Å². The monoisotopic (exact) mass is 255 g/mol. The third kappa shape index (κ3) is 4.00. The molecule has 0 spiro atoms. The molecule has 0 fully saturated rings. The fourth-order valence-electron chi connectivity index (χ4n) is 1.65. The van der Waals surface area contributed by atoms with Crippen LogP contribution in [0, 0.1) is 5.82 Å². The largest absolute Gasteiger partial charge is 0.494 e. The van der Waals surface area contributed by atoms with Crippen molar-refractivity contribution in [3.8, 4) is 5.75 Å². The molecular weight excluding hydrogens is 237 g/mol. The van der Waals surface area contributed by atoms with Crippen LogP contribution in [0.2, 0.25) is 0 Å². The van der Waals surface area contributed by atoms with Gasteiger partial charge < -0.3 is 15.2 Å². The van der Waals surface area contributed by atoms with Crippen LogP contribution in [0.25, 0.3) is 0 Å². The maximum absolute atomic E-state index is 13.5. The van der Waals surface area contributed by atoms with Gasteiger partial charge in [0.15, 0.2) is 11.6 Å². The molecule has 1 rings (SSSR count). The molecule has 1 atom stereocenters. The van der Waals surface area contributed by atoms with E-state index in [1.54, 1.807) is 12.1 Å². The van der Waals surface area contributed by atoms with E-state index >= 15 is 0 Å². The lowest BCUT2D eigenvalue weighted by molar-refractivity contribution is -0.140. The highest BCUT2D eigenvalue weighted by atomic mass is 19.1. The van der Waals surface area contributed by atoms with E-state index in [4.69, 9.17) is 10.5 Å². The number of hydrogen-bond acceptors (Lipinski definition) is 4. The summed E-state index contributed by atoms with van der Waals surface area (Å²) in [6, 6.07) is 4.34. The van der Waals surface area contributed by atoms with Gasteiger partial charge in [0.05, 0.1) is 14.2 Å². The number of carbonyl (C=O) groups excluding carboxylic acids is 1. The van der Waals surface area contributed by atoms with E-state index in [1.165, 1.54) is 20.3 Å². The van der Waals surface area contributed by atoms with Crippen LogP contribution in [0.3, 0.4) is 0 Å². The van der Waals surface area contributed by atoms with E-state index < -0.39 is 5.82 Å². The highest BCUT2D eigenvalue weighted by molar-refractivity contribution is 5.68. The Labute approximate surface area is 106 Å². The molecule has 5 heteroatoms. The Morgan fingerprint density at radius 2 is 2.17 bits per heavy atom. The van der Waals surface area contributed by atoms with E-state index in [9.17, 15) is 9.18 Å². The summed E-state index contributed by atoms with van der Waals surface area (Å²) >= 11 is 0. The van der Waals surface area contributed by atoms with Gasteiger partial charge in [-0.2, -0.15) is 0 Å². The van der Waals surface area contributed by atoms with Gasteiger partial charge in [-0.05, 0) is 30.5 Å². The van der Waals surface area contributed by atoms with Gasteiger partial charge in [-0.15, -0.1) is 0 Å². The standard InChI is InChI=1S/C13H18FNO3/c1-17-12-7-6-9(8-10(12)14)11(15)4-3-5-13(16)18-2/h6-8,11H,3-5,15H2,1-2H3. The van der Waals surface area contributed by atoms with E-state index in [0.717, 1.165) is 0 Å². The summed E-state index contributed by atoms with van der Waals surface area (Å²) in [5.74, 6) is -0.498. The van der Waals surface area contributed by atoms with Gasteiger partial charge in [0.25, 0.3) is 0 Å². The lowest BCUT2D eigenvalue weighted by Crippen LogP contribution is -2.11. The van der Waals surface area contributed by atoms with Gasteiger partial charge in [0.2, 0.25) is 0 Å². The van der Waals surface area contributed by atoms with E-state index in [2.05, 4.69) is 4.74 Å². The molecule has 0 aromatic heterocycles. The first-order valence-electron chi connectivity index (χ1n) is 5.74. The van der Waals surface area contributed by atoms with Crippen LogP contribution < -0.4 is 10.5 Å². The summed E-state index contributed by atoms with van der Waals surface area (Å²) in [5.41, 5.74) is 6.62. The van der Waals surface area contributed by atoms with Crippen molar-refractivity contribution in [3.05, 3.63) is 29.6 Å². The number of nitrogens with two attached hydrogens (primary N) is 1. The molecule has 0 aliphatic heterocycles. The van der Waals surface area contributed by atoms with E-state index in [0.29, 0.717) is 24.8 Å². The summed E-state index contributed by atoms with van der Waals surface area (Å²) in [4.78, 5) is 10.9. The quantitative estimate of drug-likeness (QED) is 0.791. The Balaban J connectivity index is 2.53. The lowest BCUT2D eigenvalue weighted by atomic mass is 10.0. The van der Waals surface area contributed by atoms with Crippen LogP contribution in [0.5, 0.6) is 5.75 Å². The lowest BCUT2D eigenvalue weighted by Gasteiger charge is -2.12. The minimum Gasteiger partial charge on any atom is -0.494 e. The predicted molar refractivity (Wildman–Crippen MR) is 65.7 cm³/mol. The van der Waals surface area contributed by atoms with Crippen molar-refractivity contribution < 1.29 is 18.7 Å². The average Bonchev–Trinajstić information content (AvgIpc) is 2.38. The molecule has 0 bridgehead atoms. The zero-order valence-corrected chi connectivity index (χ0v) is 10.6. The molecule has 1 aromatic rings. The fraction of sp³-hybridized carbons (Fsp3) is 0.462. The second-order valence-corrected chi connectivity index (χ2v) is 3.97. The summed E-state index contributed by atoms with van der Waals surface area (Å²) in [6.45, 7) is 0. The molecule has 0 aliphatic rings. The van der Waals surface area contributed by atoms with Crippen molar-refractivity contribution in [2.75, 3.05) is 14.2 Å². The van der Waals surface area contributed by atoms with Gasteiger partial charge in [0, 0.05) is 12.5 Å². The normalized spacial score (nSPS) is 12.0. The van der Waals surface area contributed by atoms with Crippen molar-refractivity contribution >= 4 is 5.97 Å². The second kappa shape index (κ2) is 6.96. The summed E-state index contributed by atoms with van der Waals surface area (Å²) in [7, 11) is 2.76. The number of esters is 1. The van der Waals surface area contributed by atoms with Gasteiger partial charge in [-0.1, -0.05) is 6.07 Å². The minimum absolute atomic E-state index is 0.195. The van der Waals surface area contributed by atoms with Crippen LogP contribution >= 0.6 is 0 Å². The molecule has 0 aliphatic carbocycles. The molecule has 18 heavy (non-hydrogen) atoms. The molecule has 1 aromatic carbocycles. The van der Waals surface area contributed by atoms with Crippen molar-refractivity contribution in [2.24, 2.45) is 5.73 Å². The van der Waals surface area contributed by atoms with Gasteiger partial charge >= 0.3 is 5.97 Å². The minimum atomic E-state index is -0.432. The molecule has 0 heterocycles. The summed E-state index contributed by atoms with van der Waals surface area (Å²) < 4.78 is 22.8. The summed E-state index contributed by atoms with van der Waals surface area (Å²) in [5, 5.41) is 0. The molecule has 0 saturated carbocycles. The first-order chi connectivity index (χ1) is 8.58. The number of rotatable bonds is 6. The Kier molecular flexibility index (Phi) is 5.58. The van der Waals surface area contributed by atoms with Gasteiger partial charge in [-0.25, -0.2) is 4.39 Å². The van der Waals surface area contributed by atoms with Crippen molar-refractivity contribution in [1.82, 2.24) is 0 Å². The smallest absolute Gasteiger partial charge is 0.305 e. The zero-order valence-electron chi connectivity index (χ0n) is 10.6. The number of halogens is 1. The number of carbonyl (C=O) groups is 1. The zero-order chi connectivity index (χ0) is 13.5. The maximum atomic E-state index is 13.5. The van der Waals surface area contributed by atoms with Crippen LogP contribution in [0.1, 0.15) is 30.9 Å². The van der Waals surface area contributed by atoms with Crippen LogP contribution in [0.15, 0.2) is 18.2 Å². The highest BCUT2D eigenvalue weighted by Crippen LogP contribution is 2.23. The van der Waals surface area contributed by atoms with Gasteiger partial charge in [-0.3, -0.25) is 4.79 Å². The molecule has 0 saturated heterocycles. The molecule has 100 valence electrons. The molecule has 1 unspecified atom stereocenters. The first-order valence-corrected chi connectivity index (χ1v) is 5.74. The predicted octanol–water partition coefficient (Wildman–Crippen LogP) is 2.18. The number of hydrogen-bond donors (Lipinski definition) is 1. The molecule has 0 radical (unpaired) electrons. The number of benzene rings is 1. The second-order valence-electron chi connectivity index (χ2n) is 3.97. The molecule has 0 amide bonds. The molecular formula is C13H18FNO3. The topological polar surface area (TPSA) is 61.5 Å². The van der Waals surface area contributed by atoms with Gasteiger partial charge in [0.1, 0.15) is 0 Å². The Morgan fingerprint density at radius 3 is 2.72 bits per heavy atom. The fourth-order valence-corrected chi connectivity index (χ4v) is 1.65. The van der Waals surface area contributed by atoms with E-state index in [-0.39, 0.29) is 17.8 Å². The van der Waals surface area contributed by atoms with Crippen molar-refractivity contribution in [1.29, 1.82) is 0 Å². The Morgan fingerprint density at radius 1 is 1.44 bits per heavy atom. The average molecular weight is 255 g/mol. The third-order valence-electron chi connectivity index (χ3n) is 2.73. The first kappa shape index (κ1) is 14.4. The van der Waals surface area contributed by atoms with Crippen molar-refractivity contribution in [2.45, 2.75) is 25.3 Å². The van der Waals surface area contributed by atoms with Crippen LogP contribution in [-0.4, -0.2) is 20.2 Å². The Hall–Kier alpha value is -1.62. The molecule has 2 N–H and O–H groups in total. The SMILES string of the molecule is COC(=O)CCCC(N)c1ccc(OC)c(F)c1. The van der Waals surface area contributed by atoms with Crippen LogP contribution in [-0.2, 0) is 9.53 Å².